The van der Waals surface area contributed by atoms with E-state index in [0.717, 1.165) is 5.75 Å². The largest absolute Gasteiger partial charge is 0.493 e. The summed E-state index contributed by atoms with van der Waals surface area (Å²) in [5, 5.41) is 9.93. The lowest BCUT2D eigenvalue weighted by Crippen LogP contribution is -2.02. The molecule has 0 bridgehead atoms. The molecule has 0 atom stereocenters. The highest BCUT2D eigenvalue weighted by atomic mass is 35.5. The molecule has 0 fully saturated rings. The quantitative estimate of drug-likeness (QED) is 0.519. The Kier molecular flexibility index (Phi) is 5.04. The fraction of sp³-hybridized carbons (Fsp3) is 0.154. The Morgan fingerprint density at radius 3 is 2.75 bits per heavy atom. The van der Waals surface area contributed by atoms with Crippen LogP contribution in [0, 0.1) is 11.3 Å². The van der Waals surface area contributed by atoms with Crippen molar-refractivity contribution in [3.05, 3.63) is 41.0 Å². The Bertz CT molecular complexity index is 627. The lowest BCUT2D eigenvalue weighted by molar-refractivity contribution is 0.344. The molecule has 2 N–H and O–H groups in total. The van der Waals surface area contributed by atoms with E-state index in [1.807, 2.05) is 18.2 Å². The Labute approximate surface area is 125 Å². The lowest BCUT2D eigenvalue weighted by atomic mass is 10.3. The number of nitriles is 1. The first-order chi connectivity index (χ1) is 9.69. The van der Waals surface area contributed by atoms with Crippen LogP contribution in [0.1, 0.15) is 5.56 Å². The molecule has 102 valence electrons. The number of halogens is 1. The number of anilines is 1. The van der Waals surface area contributed by atoms with Gasteiger partial charge in [0.15, 0.2) is 5.16 Å². The van der Waals surface area contributed by atoms with E-state index in [1.54, 1.807) is 12.1 Å². The highest BCUT2D eigenvalue weighted by molar-refractivity contribution is 7.99. The second-order valence-corrected chi connectivity index (χ2v) is 5.21. The highest BCUT2D eigenvalue weighted by Gasteiger charge is 2.04. The van der Waals surface area contributed by atoms with E-state index in [1.165, 1.54) is 18.0 Å². The molecule has 20 heavy (non-hydrogen) atoms. The van der Waals surface area contributed by atoms with Gasteiger partial charge in [-0.1, -0.05) is 23.4 Å². The van der Waals surface area contributed by atoms with Crippen LogP contribution in [0.2, 0.25) is 5.02 Å². The molecule has 0 unspecified atom stereocenters. The van der Waals surface area contributed by atoms with Crippen LogP contribution >= 0.6 is 23.4 Å². The number of rotatable bonds is 5. The number of nitrogens with zero attached hydrogens (tertiary/aromatic N) is 3. The van der Waals surface area contributed by atoms with Crippen molar-refractivity contribution in [3.8, 4) is 11.8 Å². The third-order valence-corrected chi connectivity index (χ3v) is 3.39. The standard InChI is InChI=1S/C13H11ClN4OS/c14-10-1-3-11(4-2-10)19-5-6-20-13-17-8-9(7-15)12(16)18-13/h1-4,8H,5-6H2,(H2,16,17,18). The topological polar surface area (TPSA) is 84.8 Å². The van der Waals surface area contributed by atoms with Crippen LogP contribution in [0.4, 0.5) is 5.82 Å². The maximum absolute atomic E-state index is 8.72. The number of ether oxygens (including phenoxy) is 1. The molecule has 0 saturated carbocycles. The summed E-state index contributed by atoms with van der Waals surface area (Å²) in [4.78, 5) is 8.08. The summed E-state index contributed by atoms with van der Waals surface area (Å²) in [6.07, 6.45) is 1.42. The van der Waals surface area contributed by atoms with Crippen LogP contribution in [-0.2, 0) is 0 Å². The summed E-state index contributed by atoms with van der Waals surface area (Å²) in [6, 6.07) is 9.08. The average Bonchev–Trinajstić information content (AvgIpc) is 2.46. The van der Waals surface area contributed by atoms with E-state index in [-0.39, 0.29) is 11.4 Å². The van der Waals surface area contributed by atoms with Crippen molar-refractivity contribution in [2.24, 2.45) is 0 Å². The fourth-order valence-corrected chi connectivity index (χ4v) is 2.12. The van der Waals surface area contributed by atoms with Crippen LogP contribution in [0.25, 0.3) is 0 Å². The number of aromatic nitrogens is 2. The first kappa shape index (κ1) is 14.4. The molecule has 2 rings (SSSR count). The molecule has 0 radical (unpaired) electrons. The van der Waals surface area contributed by atoms with Crippen LogP contribution in [-0.4, -0.2) is 22.3 Å². The minimum Gasteiger partial charge on any atom is -0.493 e. The van der Waals surface area contributed by atoms with Gasteiger partial charge in [0, 0.05) is 10.8 Å². The fourth-order valence-electron chi connectivity index (χ4n) is 1.36. The van der Waals surface area contributed by atoms with Crippen molar-refractivity contribution in [2.45, 2.75) is 5.16 Å². The molecule has 0 spiro atoms. The van der Waals surface area contributed by atoms with Crippen molar-refractivity contribution >= 4 is 29.2 Å². The van der Waals surface area contributed by atoms with Gasteiger partial charge in [0.1, 0.15) is 23.2 Å². The summed E-state index contributed by atoms with van der Waals surface area (Å²) in [5.41, 5.74) is 5.89. The van der Waals surface area contributed by atoms with Gasteiger partial charge in [-0.2, -0.15) is 5.26 Å². The zero-order valence-electron chi connectivity index (χ0n) is 10.4. The van der Waals surface area contributed by atoms with Gasteiger partial charge in [-0.25, -0.2) is 9.97 Å². The third-order valence-electron chi connectivity index (χ3n) is 2.31. The Morgan fingerprint density at radius 2 is 2.10 bits per heavy atom. The minimum absolute atomic E-state index is 0.198. The summed E-state index contributed by atoms with van der Waals surface area (Å²) >= 11 is 7.20. The molecule has 1 heterocycles. The van der Waals surface area contributed by atoms with Gasteiger partial charge < -0.3 is 10.5 Å². The molecule has 7 heteroatoms. The zero-order chi connectivity index (χ0) is 14.4. The van der Waals surface area contributed by atoms with Crippen molar-refractivity contribution in [3.63, 3.8) is 0 Å². The predicted molar refractivity (Wildman–Crippen MR) is 78.8 cm³/mol. The van der Waals surface area contributed by atoms with E-state index in [2.05, 4.69) is 9.97 Å². The number of thioether (sulfide) groups is 1. The van der Waals surface area contributed by atoms with E-state index in [9.17, 15) is 0 Å². The molecule has 0 aliphatic heterocycles. The molecule has 2 aromatic rings. The van der Waals surface area contributed by atoms with E-state index >= 15 is 0 Å². The first-order valence-electron chi connectivity index (χ1n) is 5.73. The molecular weight excluding hydrogens is 296 g/mol. The first-order valence-corrected chi connectivity index (χ1v) is 7.09. The maximum atomic E-state index is 8.72. The van der Waals surface area contributed by atoms with E-state index in [0.29, 0.717) is 22.5 Å². The van der Waals surface area contributed by atoms with Crippen LogP contribution in [0.3, 0.4) is 0 Å². The summed E-state index contributed by atoms with van der Waals surface area (Å²) in [7, 11) is 0. The van der Waals surface area contributed by atoms with Gasteiger partial charge in [-0.3, -0.25) is 0 Å². The third kappa shape index (κ3) is 4.02. The van der Waals surface area contributed by atoms with Crippen LogP contribution < -0.4 is 10.5 Å². The van der Waals surface area contributed by atoms with Gasteiger partial charge in [0.25, 0.3) is 0 Å². The van der Waals surface area contributed by atoms with Gasteiger partial charge in [-0.15, -0.1) is 0 Å². The summed E-state index contributed by atoms with van der Waals surface area (Å²) < 4.78 is 5.54. The van der Waals surface area contributed by atoms with Crippen molar-refractivity contribution in [1.82, 2.24) is 9.97 Å². The second kappa shape index (κ2) is 6.98. The smallest absolute Gasteiger partial charge is 0.189 e. The Balaban J connectivity index is 1.80. The second-order valence-electron chi connectivity index (χ2n) is 3.71. The Hall–Kier alpha value is -1.97. The van der Waals surface area contributed by atoms with Gasteiger partial charge in [0.05, 0.1) is 12.8 Å². The monoisotopic (exact) mass is 306 g/mol. The molecule has 0 aliphatic rings. The highest BCUT2D eigenvalue weighted by Crippen LogP contribution is 2.18. The number of benzene rings is 1. The van der Waals surface area contributed by atoms with E-state index in [4.69, 9.17) is 27.3 Å². The van der Waals surface area contributed by atoms with Crippen molar-refractivity contribution in [1.29, 1.82) is 5.26 Å². The van der Waals surface area contributed by atoms with E-state index < -0.39 is 0 Å². The summed E-state index contributed by atoms with van der Waals surface area (Å²) in [5.74, 6) is 1.63. The average molecular weight is 307 g/mol. The Morgan fingerprint density at radius 1 is 1.35 bits per heavy atom. The minimum atomic E-state index is 0.198. The molecule has 5 nitrogen and oxygen atoms in total. The van der Waals surface area contributed by atoms with Crippen molar-refractivity contribution < 1.29 is 4.74 Å². The molecular formula is C13H11ClN4OS. The molecule has 1 aromatic carbocycles. The molecule has 1 aromatic heterocycles. The number of hydrogen-bond donors (Lipinski definition) is 1. The van der Waals surface area contributed by atoms with Crippen LogP contribution in [0.15, 0.2) is 35.6 Å². The number of hydrogen-bond acceptors (Lipinski definition) is 6. The predicted octanol–water partition coefficient (Wildman–Crippen LogP) is 2.75. The van der Waals surface area contributed by atoms with Gasteiger partial charge >= 0.3 is 0 Å². The normalized spacial score (nSPS) is 10.0. The lowest BCUT2D eigenvalue weighted by Gasteiger charge is -2.05. The molecule has 0 aliphatic carbocycles. The van der Waals surface area contributed by atoms with Gasteiger partial charge in [-0.05, 0) is 24.3 Å². The maximum Gasteiger partial charge on any atom is 0.189 e. The number of nitrogen functional groups attached to an aromatic ring is 1. The molecule has 0 amide bonds. The number of nitrogens with two attached hydrogens (primary N) is 1. The SMILES string of the molecule is N#Cc1cnc(SCCOc2ccc(Cl)cc2)nc1N. The van der Waals surface area contributed by atoms with Crippen LogP contribution in [0.5, 0.6) is 5.75 Å². The molecule has 0 saturated heterocycles. The van der Waals surface area contributed by atoms with Crippen molar-refractivity contribution in [2.75, 3.05) is 18.1 Å². The van der Waals surface area contributed by atoms with Gasteiger partial charge in [0.2, 0.25) is 0 Å². The summed E-state index contributed by atoms with van der Waals surface area (Å²) in [6.45, 7) is 0.509. The zero-order valence-corrected chi connectivity index (χ0v) is 12.0.